The molecule has 146 valence electrons. The average Bonchev–Trinajstić information content (AvgIpc) is 3.19. The minimum Gasteiger partial charge on any atom is -0.480 e. The summed E-state index contributed by atoms with van der Waals surface area (Å²) >= 11 is 6.30. The number of benzene rings is 2. The molecule has 2 heterocycles. The highest BCUT2D eigenvalue weighted by atomic mass is 35.5. The molecular weight excluding hydrogens is 376 g/mol. The Bertz CT molecular complexity index is 916. The van der Waals surface area contributed by atoms with Gasteiger partial charge in [0.15, 0.2) is 0 Å². The smallest absolute Gasteiger partial charge is 0.317 e. The van der Waals surface area contributed by atoms with Crippen LogP contribution >= 0.6 is 11.6 Å². The van der Waals surface area contributed by atoms with Gasteiger partial charge in [-0.2, -0.15) is 0 Å². The number of aliphatic carboxylic acids is 1. The van der Waals surface area contributed by atoms with Crippen LogP contribution in [0, 0.1) is 18.8 Å². The van der Waals surface area contributed by atoms with Crippen molar-refractivity contribution in [2.75, 3.05) is 26.2 Å². The summed E-state index contributed by atoms with van der Waals surface area (Å²) in [5, 5.41) is 9.62. The topological polar surface area (TPSA) is 60.9 Å². The van der Waals surface area contributed by atoms with Gasteiger partial charge in [-0.15, -0.1) is 0 Å². The van der Waals surface area contributed by atoms with E-state index in [1.165, 1.54) is 0 Å². The Morgan fingerprint density at radius 3 is 2.50 bits per heavy atom. The lowest BCUT2D eigenvalue weighted by atomic mass is 9.87. The number of carbonyl (C=O) groups is 2. The molecule has 6 heteroatoms. The van der Waals surface area contributed by atoms with E-state index in [1.54, 1.807) is 12.1 Å². The number of halogens is 1. The zero-order valence-corrected chi connectivity index (χ0v) is 16.5. The number of hydrogen-bond donors (Lipinski definition) is 1. The maximum atomic E-state index is 13.4. The third-order valence-electron chi connectivity index (χ3n) is 5.97. The van der Waals surface area contributed by atoms with Crippen molar-refractivity contribution in [3.05, 3.63) is 70.2 Å². The van der Waals surface area contributed by atoms with E-state index in [2.05, 4.69) is 19.1 Å². The number of likely N-dealkylation sites (tertiary alicyclic amines) is 2. The SMILES string of the molecule is Cc1ccccc1[C@@H]1[C@H]2CN(CC(=O)O)C[C@H]2CN1C(=O)c1ccccc1Cl. The Morgan fingerprint density at radius 2 is 1.79 bits per heavy atom. The molecule has 0 aliphatic carbocycles. The first kappa shape index (κ1) is 19.0. The van der Waals surface area contributed by atoms with Crippen LogP contribution in [0.5, 0.6) is 0 Å². The molecule has 0 radical (unpaired) electrons. The first-order valence-corrected chi connectivity index (χ1v) is 9.88. The van der Waals surface area contributed by atoms with Crippen molar-refractivity contribution in [1.82, 2.24) is 9.80 Å². The molecule has 2 aromatic carbocycles. The number of hydrogen-bond acceptors (Lipinski definition) is 3. The summed E-state index contributed by atoms with van der Waals surface area (Å²) in [7, 11) is 0. The summed E-state index contributed by atoms with van der Waals surface area (Å²) in [6.45, 7) is 4.11. The highest BCUT2D eigenvalue weighted by Gasteiger charge is 2.49. The largest absolute Gasteiger partial charge is 0.480 e. The van der Waals surface area contributed by atoms with Gasteiger partial charge in [-0.1, -0.05) is 48.0 Å². The van der Waals surface area contributed by atoms with Gasteiger partial charge < -0.3 is 10.0 Å². The standard InChI is InChI=1S/C22H23ClN2O3/c1-14-6-2-3-7-16(14)21-18-12-24(13-20(26)27)10-15(18)11-25(21)22(28)17-8-4-5-9-19(17)23/h2-9,15,18,21H,10-13H2,1H3,(H,26,27)/t15-,18-,21+/m0/s1. The van der Waals surface area contributed by atoms with E-state index in [4.69, 9.17) is 16.7 Å². The highest BCUT2D eigenvalue weighted by molar-refractivity contribution is 6.33. The number of rotatable bonds is 4. The van der Waals surface area contributed by atoms with E-state index in [9.17, 15) is 9.59 Å². The van der Waals surface area contributed by atoms with Crippen LogP contribution < -0.4 is 0 Å². The van der Waals surface area contributed by atoms with Crippen LogP contribution in [-0.2, 0) is 4.79 Å². The molecule has 1 N–H and O–H groups in total. The van der Waals surface area contributed by atoms with Gasteiger partial charge in [0.05, 0.1) is 23.2 Å². The number of fused-ring (bicyclic) bond motifs is 1. The molecule has 2 aliphatic rings. The molecule has 2 fully saturated rings. The summed E-state index contributed by atoms with van der Waals surface area (Å²) in [6.07, 6.45) is 0. The van der Waals surface area contributed by atoms with Gasteiger partial charge in [0.25, 0.3) is 5.91 Å². The van der Waals surface area contributed by atoms with Crippen LogP contribution in [0.4, 0.5) is 0 Å². The van der Waals surface area contributed by atoms with Crippen LogP contribution in [-0.4, -0.2) is 53.0 Å². The van der Waals surface area contributed by atoms with Gasteiger partial charge in [0.2, 0.25) is 0 Å². The molecule has 0 spiro atoms. The zero-order chi connectivity index (χ0) is 19.8. The Balaban J connectivity index is 1.69. The molecule has 2 saturated heterocycles. The fourth-order valence-electron chi connectivity index (χ4n) is 4.77. The van der Waals surface area contributed by atoms with Gasteiger partial charge in [0.1, 0.15) is 0 Å². The van der Waals surface area contributed by atoms with E-state index >= 15 is 0 Å². The molecule has 28 heavy (non-hydrogen) atoms. The predicted molar refractivity (Wildman–Crippen MR) is 107 cm³/mol. The van der Waals surface area contributed by atoms with Gasteiger partial charge in [0, 0.05) is 25.6 Å². The maximum absolute atomic E-state index is 13.4. The van der Waals surface area contributed by atoms with Crippen LogP contribution in [0.1, 0.15) is 27.5 Å². The Hall–Kier alpha value is -2.37. The monoisotopic (exact) mass is 398 g/mol. The summed E-state index contributed by atoms with van der Waals surface area (Å²) in [5.41, 5.74) is 2.79. The van der Waals surface area contributed by atoms with E-state index in [0.717, 1.165) is 11.1 Å². The minimum atomic E-state index is -0.809. The zero-order valence-electron chi connectivity index (χ0n) is 15.7. The second kappa shape index (κ2) is 7.57. The lowest BCUT2D eigenvalue weighted by Gasteiger charge is -2.31. The fourth-order valence-corrected chi connectivity index (χ4v) is 4.99. The lowest BCUT2D eigenvalue weighted by Crippen LogP contribution is -2.37. The minimum absolute atomic E-state index is 0.0476. The fraction of sp³-hybridized carbons (Fsp3) is 0.364. The second-order valence-electron chi connectivity index (χ2n) is 7.75. The summed E-state index contributed by atoms with van der Waals surface area (Å²) < 4.78 is 0. The molecule has 4 rings (SSSR count). The number of carbonyl (C=O) groups excluding carboxylic acids is 1. The van der Waals surface area contributed by atoms with Crippen molar-refractivity contribution in [2.45, 2.75) is 13.0 Å². The quantitative estimate of drug-likeness (QED) is 0.856. The lowest BCUT2D eigenvalue weighted by molar-refractivity contribution is -0.138. The van der Waals surface area contributed by atoms with Crippen LogP contribution in [0.25, 0.3) is 0 Å². The molecular formula is C22H23ClN2O3. The van der Waals surface area contributed by atoms with E-state index in [1.807, 2.05) is 34.1 Å². The Morgan fingerprint density at radius 1 is 1.07 bits per heavy atom. The number of carboxylic acids is 1. The average molecular weight is 399 g/mol. The molecule has 1 amide bonds. The van der Waals surface area contributed by atoms with Crippen molar-refractivity contribution < 1.29 is 14.7 Å². The Kier molecular flexibility index (Phi) is 5.13. The Labute approximate surface area is 169 Å². The van der Waals surface area contributed by atoms with Gasteiger partial charge in [-0.3, -0.25) is 14.5 Å². The van der Waals surface area contributed by atoms with Crippen molar-refractivity contribution in [3.63, 3.8) is 0 Å². The molecule has 5 nitrogen and oxygen atoms in total. The first-order chi connectivity index (χ1) is 13.5. The molecule has 2 aliphatic heterocycles. The first-order valence-electron chi connectivity index (χ1n) is 9.51. The van der Waals surface area contributed by atoms with Gasteiger partial charge in [-0.25, -0.2) is 0 Å². The van der Waals surface area contributed by atoms with Crippen LogP contribution in [0.3, 0.4) is 0 Å². The predicted octanol–water partition coefficient (Wildman–Crippen LogP) is 3.48. The number of amides is 1. The summed E-state index contributed by atoms with van der Waals surface area (Å²) in [6, 6.07) is 15.2. The van der Waals surface area contributed by atoms with Gasteiger partial charge >= 0.3 is 5.97 Å². The molecule has 2 aromatic rings. The number of aryl methyl sites for hydroxylation is 1. The van der Waals surface area contributed by atoms with E-state index in [-0.39, 0.29) is 30.3 Å². The van der Waals surface area contributed by atoms with Crippen molar-refractivity contribution in [1.29, 1.82) is 0 Å². The third-order valence-corrected chi connectivity index (χ3v) is 6.30. The van der Waals surface area contributed by atoms with Crippen molar-refractivity contribution in [3.8, 4) is 0 Å². The van der Waals surface area contributed by atoms with Crippen LogP contribution in [0.15, 0.2) is 48.5 Å². The highest BCUT2D eigenvalue weighted by Crippen LogP contribution is 2.46. The molecule has 0 bridgehead atoms. The second-order valence-corrected chi connectivity index (χ2v) is 8.16. The third kappa shape index (κ3) is 3.40. The maximum Gasteiger partial charge on any atom is 0.317 e. The van der Waals surface area contributed by atoms with E-state index in [0.29, 0.717) is 30.2 Å². The summed E-state index contributed by atoms with van der Waals surface area (Å²) in [5.74, 6) is -0.392. The van der Waals surface area contributed by atoms with Crippen molar-refractivity contribution in [2.24, 2.45) is 11.8 Å². The number of nitrogens with zero attached hydrogens (tertiary/aromatic N) is 2. The molecule has 0 unspecified atom stereocenters. The molecule has 0 saturated carbocycles. The van der Waals surface area contributed by atoms with E-state index < -0.39 is 5.97 Å². The van der Waals surface area contributed by atoms with Crippen molar-refractivity contribution >= 4 is 23.5 Å². The summed E-state index contributed by atoms with van der Waals surface area (Å²) in [4.78, 5) is 28.5. The molecule has 0 aromatic heterocycles. The molecule has 3 atom stereocenters. The van der Waals surface area contributed by atoms with Gasteiger partial charge in [-0.05, 0) is 36.1 Å². The van der Waals surface area contributed by atoms with Crippen LogP contribution in [0.2, 0.25) is 5.02 Å². The normalized spacial score (nSPS) is 24.4. The number of carboxylic acid groups (broad SMARTS) is 1.